The third-order valence-corrected chi connectivity index (χ3v) is 4.23. The molecule has 1 amide bonds. The van der Waals surface area contributed by atoms with E-state index in [1.54, 1.807) is 27.4 Å². The molecular formula is C17H27ClN2O4. The molecule has 0 unspecified atom stereocenters. The number of rotatable bonds is 6. The van der Waals surface area contributed by atoms with Crippen molar-refractivity contribution in [3.63, 3.8) is 0 Å². The van der Waals surface area contributed by atoms with Crippen LogP contribution in [0.15, 0.2) is 12.1 Å². The van der Waals surface area contributed by atoms with Gasteiger partial charge in [0.15, 0.2) is 11.5 Å². The first kappa shape index (κ1) is 20.4. The maximum Gasteiger partial charge on any atom is 0.223 e. The van der Waals surface area contributed by atoms with Crippen LogP contribution in [0.3, 0.4) is 0 Å². The van der Waals surface area contributed by atoms with Crippen LogP contribution >= 0.6 is 12.4 Å². The molecule has 7 heteroatoms. The van der Waals surface area contributed by atoms with Crippen LogP contribution in [0.1, 0.15) is 25.3 Å². The van der Waals surface area contributed by atoms with Crippen molar-refractivity contribution in [1.82, 2.24) is 10.6 Å². The number of ether oxygens (including phenoxy) is 3. The molecule has 2 N–H and O–H groups in total. The average molecular weight is 359 g/mol. The standard InChI is InChI=1S/C17H26N2O4.ClH/c1-11-7-12(5-6-18-11)17(20)19-10-13-8-15(22-3)16(23-4)9-14(13)21-2;/h8-9,11-12,18H,5-7,10H2,1-4H3,(H,19,20);1H/t11-,12-;/m0./s1. The quantitative estimate of drug-likeness (QED) is 0.815. The van der Waals surface area contributed by atoms with Crippen LogP contribution < -0.4 is 24.8 Å². The summed E-state index contributed by atoms with van der Waals surface area (Å²) in [7, 11) is 4.77. The van der Waals surface area contributed by atoms with E-state index in [1.165, 1.54) is 0 Å². The SMILES string of the molecule is COc1cc(OC)c(OC)cc1CNC(=O)[C@H]1CCN[C@@H](C)C1.Cl. The van der Waals surface area contributed by atoms with Gasteiger partial charge >= 0.3 is 0 Å². The number of benzene rings is 1. The second kappa shape index (κ2) is 9.59. The Hall–Kier alpha value is -1.66. The average Bonchev–Trinajstić information content (AvgIpc) is 2.58. The van der Waals surface area contributed by atoms with Gasteiger partial charge in [-0.05, 0) is 32.4 Å². The molecule has 1 fully saturated rings. The number of hydrogen-bond donors (Lipinski definition) is 2. The van der Waals surface area contributed by atoms with E-state index in [2.05, 4.69) is 17.6 Å². The van der Waals surface area contributed by atoms with Gasteiger partial charge in [0.2, 0.25) is 5.91 Å². The molecule has 1 saturated heterocycles. The molecule has 24 heavy (non-hydrogen) atoms. The summed E-state index contributed by atoms with van der Waals surface area (Å²) in [4.78, 5) is 12.4. The highest BCUT2D eigenvalue weighted by Crippen LogP contribution is 2.34. The van der Waals surface area contributed by atoms with Gasteiger partial charge in [0.05, 0.1) is 21.3 Å². The van der Waals surface area contributed by atoms with Gasteiger partial charge in [-0.25, -0.2) is 0 Å². The van der Waals surface area contributed by atoms with Crippen LogP contribution in [-0.2, 0) is 11.3 Å². The van der Waals surface area contributed by atoms with Gasteiger partial charge in [-0.3, -0.25) is 4.79 Å². The highest BCUT2D eigenvalue weighted by atomic mass is 35.5. The number of hydrogen-bond acceptors (Lipinski definition) is 5. The smallest absolute Gasteiger partial charge is 0.223 e. The molecule has 0 spiro atoms. The predicted octanol–water partition coefficient (Wildman–Crippen LogP) is 2.14. The lowest BCUT2D eigenvalue weighted by Gasteiger charge is -2.27. The summed E-state index contributed by atoms with van der Waals surface area (Å²) in [5.74, 6) is 2.05. The zero-order chi connectivity index (χ0) is 16.8. The Morgan fingerprint density at radius 3 is 2.38 bits per heavy atom. The van der Waals surface area contributed by atoms with Gasteiger partial charge in [-0.2, -0.15) is 0 Å². The second-order valence-electron chi connectivity index (χ2n) is 5.81. The van der Waals surface area contributed by atoms with Crippen LogP contribution in [0.5, 0.6) is 17.2 Å². The molecule has 1 aliphatic heterocycles. The molecule has 1 aliphatic rings. The largest absolute Gasteiger partial charge is 0.496 e. The highest BCUT2D eigenvalue weighted by Gasteiger charge is 2.24. The van der Waals surface area contributed by atoms with Crippen molar-refractivity contribution in [2.45, 2.75) is 32.4 Å². The molecule has 2 rings (SSSR count). The van der Waals surface area contributed by atoms with E-state index >= 15 is 0 Å². The van der Waals surface area contributed by atoms with Crippen LogP contribution in [-0.4, -0.2) is 39.8 Å². The van der Waals surface area contributed by atoms with Crippen molar-refractivity contribution in [3.8, 4) is 17.2 Å². The number of piperidine rings is 1. The van der Waals surface area contributed by atoms with Gasteiger partial charge < -0.3 is 24.8 Å². The third-order valence-electron chi connectivity index (χ3n) is 4.23. The highest BCUT2D eigenvalue weighted by molar-refractivity contribution is 5.85. The lowest BCUT2D eigenvalue weighted by molar-refractivity contribution is -0.126. The lowest BCUT2D eigenvalue weighted by atomic mass is 9.92. The topological polar surface area (TPSA) is 68.8 Å². The predicted molar refractivity (Wildman–Crippen MR) is 95.4 cm³/mol. The molecule has 136 valence electrons. The summed E-state index contributed by atoms with van der Waals surface area (Å²) < 4.78 is 16.0. The van der Waals surface area contributed by atoms with E-state index in [4.69, 9.17) is 14.2 Å². The van der Waals surface area contributed by atoms with Crippen molar-refractivity contribution in [3.05, 3.63) is 17.7 Å². The molecule has 1 aromatic carbocycles. The van der Waals surface area contributed by atoms with E-state index in [9.17, 15) is 4.79 Å². The fourth-order valence-electron chi connectivity index (χ4n) is 2.93. The summed E-state index contributed by atoms with van der Waals surface area (Å²) in [6.07, 6.45) is 1.74. The minimum Gasteiger partial charge on any atom is -0.496 e. The minimum atomic E-state index is 0. The van der Waals surface area contributed by atoms with Crippen molar-refractivity contribution >= 4 is 18.3 Å². The first-order valence-electron chi connectivity index (χ1n) is 7.89. The van der Waals surface area contributed by atoms with E-state index in [-0.39, 0.29) is 24.2 Å². The van der Waals surface area contributed by atoms with Gasteiger partial charge in [0.1, 0.15) is 5.75 Å². The van der Waals surface area contributed by atoms with Crippen molar-refractivity contribution < 1.29 is 19.0 Å². The Kier molecular flexibility index (Phi) is 8.15. The summed E-state index contributed by atoms with van der Waals surface area (Å²) in [5, 5.41) is 6.37. The second-order valence-corrected chi connectivity index (χ2v) is 5.81. The van der Waals surface area contributed by atoms with Crippen LogP contribution in [0, 0.1) is 5.92 Å². The Morgan fingerprint density at radius 1 is 1.17 bits per heavy atom. The molecule has 2 atom stereocenters. The van der Waals surface area contributed by atoms with E-state index in [0.717, 1.165) is 24.9 Å². The van der Waals surface area contributed by atoms with E-state index in [1.807, 2.05) is 6.07 Å². The first-order valence-corrected chi connectivity index (χ1v) is 7.89. The fourth-order valence-corrected chi connectivity index (χ4v) is 2.93. The fraction of sp³-hybridized carbons (Fsp3) is 0.588. The zero-order valence-corrected chi connectivity index (χ0v) is 15.5. The molecule has 1 heterocycles. The third kappa shape index (κ3) is 4.92. The van der Waals surface area contributed by atoms with E-state index in [0.29, 0.717) is 29.8 Å². The van der Waals surface area contributed by atoms with Crippen molar-refractivity contribution in [2.75, 3.05) is 27.9 Å². The number of carbonyl (C=O) groups excluding carboxylic acids is 1. The summed E-state index contributed by atoms with van der Waals surface area (Å²) in [5.41, 5.74) is 0.862. The zero-order valence-electron chi connectivity index (χ0n) is 14.7. The molecule has 0 aliphatic carbocycles. The molecular weight excluding hydrogens is 332 g/mol. The Bertz CT molecular complexity index is 554. The lowest BCUT2D eigenvalue weighted by Crippen LogP contribution is -2.42. The van der Waals surface area contributed by atoms with Gasteiger partial charge in [0.25, 0.3) is 0 Å². The molecule has 0 saturated carbocycles. The normalized spacial score (nSPS) is 19.8. The van der Waals surface area contributed by atoms with Crippen LogP contribution in [0.25, 0.3) is 0 Å². The molecule has 1 aromatic rings. The van der Waals surface area contributed by atoms with Crippen molar-refractivity contribution in [1.29, 1.82) is 0 Å². The van der Waals surface area contributed by atoms with Gasteiger partial charge in [-0.15, -0.1) is 12.4 Å². The summed E-state index contributed by atoms with van der Waals surface area (Å²) in [6.45, 7) is 3.40. The van der Waals surface area contributed by atoms with Crippen LogP contribution in [0.2, 0.25) is 0 Å². The number of amides is 1. The van der Waals surface area contributed by atoms with Gasteiger partial charge in [0, 0.05) is 30.1 Å². The molecule has 0 bridgehead atoms. The maximum absolute atomic E-state index is 12.4. The summed E-state index contributed by atoms with van der Waals surface area (Å²) >= 11 is 0. The molecule has 0 aromatic heterocycles. The Labute approximate surface area is 149 Å². The van der Waals surface area contributed by atoms with Crippen LogP contribution in [0.4, 0.5) is 0 Å². The number of halogens is 1. The van der Waals surface area contributed by atoms with E-state index < -0.39 is 0 Å². The van der Waals surface area contributed by atoms with Crippen molar-refractivity contribution in [2.24, 2.45) is 5.92 Å². The maximum atomic E-state index is 12.4. The monoisotopic (exact) mass is 358 g/mol. The minimum absolute atomic E-state index is 0. The Morgan fingerprint density at radius 2 is 1.79 bits per heavy atom. The summed E-state index contributed by atoms with van der Waals surface area (Å²) in [6, 6.07) is 3.99. The van der Waals surface area contributed by atoms with Gasteiger partial charge in [-0.1, -0.05) is 0 Å². The number of methoxy groups -OCH3 is 3. The molecule has 6 nitrogen and oxygen atoms in total. The molecule has 0 radical (unpaired) electrons. The number of carbonyl (C=O) groups is 1. The first-order chi connectivity index (χ1) is 11.1. The Balaban J connectivity index is 0.00000288. The number of nitrogens with one attached hydrogen (secondary N) is 2.